The first kappa shape index (κ1) is 18.3. The fraction of sp³-hybridized carbons (Fsp3) is 0.263. The van der Waals surface area contributed by atoms with Crippen LogP contribution in [0.3, 0.4) is 0 Å². The first-order chi connectivity index (χ1) is 11.7. The number of nitrogens with zero attached hydrogens (tertiary/aromatic N) is 2. The van der Waals surface area contributed by atoms with Crippen molar-refractivity contribution in [1.29, 1.82) is 0 Å². The van der Waals surface area contributed by atoms with Gasteiger partial charge in [-0.3, -0.25) is 4.79 Å². The van der Waals surface area contributed by atoms with Gasteiger partial charge < -0.3 is 4.90 Å². The van der Waals surface area contributed by atoms with Crippen molar-refractivity contribution in [3.63, 3.8) is 0 Å². The van der Waals surface area contributed by atoms with Gasteiger partial charge in [-0.1, -0.05) is 54.8 Å². The molecule has 1 amide bonds. The maximum atomic E-state index is 12.5. The molecule has 2 aromatic rings. The summed E-state index contributed by atoms with van der Waals surface area (Å²) in [7, 11) is 0. The number of benzene rings is 1. The first-order valence-electron chi connectivity index (χ1n) is 7.72. The number of thiazole rings is 1. The standard InChI is InChI=1S/C19H20N2OS2/c1-3-12-21(13-8-11-16-9-6-5-7-10-16)18(22)14-17-15-24-19(20-17)23-4-2/h3,5-7,9-10,15H,1,4,12-14H2,2H3. The molecule has 124 valence electrons. The third-order valence-corrected chi connectivity index (χ3v) is 5.06. The van der Waals surface area contributed by atoms with Crippen LogP contribution in [0.2, 0.25) is 0 Å². The second kappa shape index (κ2) is 9.96. The van der Waals surface area contributed by atoms with E-state index in [9.17, 15) is 4.79 Å². The number of hydrogen-bond donors (Lipinski definition) is 0. The lowest BCUT2D eigenvalue weighted by Crippen LogP contribution is -2.32. The van der Waals surface area contributed by atoms with E-state index in [1.54, 1.807) is 34.1 Å². The predicted molar refractivity (Wildman–Crippen MR) is 102 cm³/mol. The molecule has 0 N–H and O–H groups in total. The highest BCUT2D eigenvalue weighted by Crippen LogP contribution is 2.22. The molecule has 1 aromatic heterocycles. The Balaban J connectivity index is 1.96. The van der Waals surface area contributed by atoms with Crippen LogP contribution in [0, 0.1) is 11.8 Å². The topological polar surface area (TPSA) is 33.2 Å². The molecular weight excluding hydrogens is 336 g/mol. The van der Waals surface area contributed by atoms with Gasteiger partial charge in [0.2, 0.25) is 5.91 Å². The monoisotopic (exact) mass is 356 g/mol. The Morgan fingerprint density at radius 2 is 2.21 bits per heavy atom. The molecule has 0 atom stereocenters. The molecule has 1 aromatic carbocycles. The van der Waals surface area contributed by atoms with E-state index in [4.69, 9.17) is 0 Å². The Labute approximate surface area is 151 Å². The Bertz CT molecular complexity index is 729. The van der Waals surface area contributed by atoms with Crippen molar-refractivity contribution in [3.8, 4) is 11.8 Å². The van der Waals surface area contributed by atoms with Crippen LogP contribution < -0.4 is 0 Å². The van der Waals surface area contributed by atoms with Gasteiger partial charge >= 0.3 is 0 Å². The SMILES string of the molecule is C=CCN(CC#Cc1ccccc1)C(=O)Cc1csc(SCC)n1. The molecule has 0 radical (unpaired) electrons. The van der Waals surface area contributed by atoms with E-state index in [0.29, 0.717) is 19.5 Å². The highest BCUT2D eigenvalue weighted by atomic mass is 32.2. The fourth-order valence-electron chi connectivity index (χ4n) is 1.99. The summed E-state index contributed by atoms with van der Waals surface area (Å²) in [6.07, 6.45) is 2.03. The molecule has 0 aliphatic heterocycles. The molecule has 0 saturated carbocycles. The average molecular weight is 357 g/mol. The molecule has 0 aliphatic carbocycles. The Hall–Kier alpha value is -2.03. The molecule has 0 fully saturated rings. The van der Waals surface area contributed by atoms with Crippen molar-refractivity contribution in [1.82, 2.24) is 9.88 Å². The number of thioether (sulfide) groups is 1. The Morgan fingerprint density at radius 3 is 2.92 bits per heavy atom. The van der Waals surface area contributed by atoms with Crippen LogP contribution in [0.5, 0.6) is 0 Å². The summed E-state index contributed by atoms with van der Waals surface area (Å²) in [6, 6.07) is 9.76. The number of carbonyl (C=O) groups excluding carboxylic acids is 1. The Morgan fingerprint density at radius 1 is 1.42 bits per heavy atom. The number of aromatic nitrogens is 1. The average Bonchev–Trinajstić information content (AvgIpc) is 3.02. The minimum Gasteiger partial charge on any atom is -0.327 e. The summed E-state index contributed by atoms with van der Waals surface area (Å²) in [5.74, 6) is 7.15. The lowest BCUT2D eigenvalue weighted by atomic mass is 10.2. The van der Waals surface area contributed by atoms with Gasteiger partial charge in [0.15, 0.2) is 0 Å². The van der Waals surface area contributed by atoms with E-state index in [1.165, 1.54) is 0 Å². The molecule has 0 unspecified atom stereocenters. The number of amides is 1. The summed E-state index contributed by atoms with van der Waals surface area (Å²) in [4.78, 5) is 18.7. The molecular formula is C19H20N2OS2. The first-order valence-corrected chi connectivity index (χ1v) is 9.59. The largest absolute Gasteiger partial charge is 0.327 e. The van der Waals surface area contributed by atoms with Crippen molar-refractivity contribution >= 4 is 29.0 Å². The van der Waals surface area contributed by atoms with Crippen molar-refractivity contribution in [2.24, 2.45) is 0 Å². The second-order valence-electron chi connectivity index (χ2n) is 4.95. The lowest BCUT2D eigenvalue weighted by Gasteiger charge is -2.17. The highest BCUT2D eigenvalue weighted by Gasteiger charge is 2.14. The molecule has 0 spiro atoms. The molecule has 24 heavy (non-hydrogen) atoms. The zero-order chi connectivity index (χ0) is 17.2. The van der Waals surface area contributed by atoms with E-state index in [0.717, 1.165) is 21.3 Å². The van der Waals surface area contributed by atoms with Crippen LogP contribution in [-0.2, 0) is 11.2 Å². The number of hydrogen-bond acceptors (Lipinski definition) is 4. The van der Waals surface area contributed by atoms with Gasteiger partial charge in [-0.15, -0.1) is 17.9 Å². The van der Waals surface area contributed by atoms with Crippen LogP contribution in [0.15, 0.2) is 52.7 Å². The van der Waals surface area contributed by atoms with E-state index in [-0.39, 0.29) is 5.91 Å². The van der Waals surface area contributed by atoms with Gasteiger partial charge in [0.05, 0.1) is 18.7 Å². The molecule has 0 bridgehead atoms. The molecule has 0 saturated heterocycles. The highest BCUT2D eigenvalue weighted by molar-refractivity contribution is 8.00. The molecule has 3 nitrogen and oxygen atoms in total. The molecule has 2 rings (SSSR count). The number of carbonyl (C=O) groups is 1. The number of rotatable bonds is 7. The summed E-state index contributed by atoms with van der Waals surface area (Å²) >= 11 is 3.29. The van der Waals surface area contributed by atoms with Crippen molar-refractivity contribution < 1.29 is 4.79 Å². The quantitative estimate of drug-likeness (QED) is 0.429. The van der Waals surface area contributed by atoms with Crippen LogP contribution in [0.4, 0.5) is 0 Å². The molecule has 5 heteroatoms. The minimum atomic E-state index is 0.0237. The summed E-state index contributed by atoms with van der Waals surface area (Å²) in [6.45, 7) is 6.70. The maximum Gasteiger partial charge on any atom is 0.229 e. The summed E-state index contributed by atoms with van der Waals surface area (Å²) in [5.41, 5.74) is 1.77. The third-order valence-electron chi connectivity index (χ3n) is 3.11. The van der Waals surface area contributed by atoms with Crippen LogP contribution in [0.25, 0.3) is 0 Å². The van der Waals surface area contributed by atoms with E-state index >= 15 is 0 Å². The normalized spacial score (nSPS) is 9.88. The van der Waals surface area contributed by atoms with Gasteiger partial charge in [-0.2, -0.15) is 0 Å². The molecule has 0 aliphatic rings. The predicted octanol–water partition coefficient (Wildman–Crippen LogP) is 3.86. The lowest BCUT2D eigenvalue weighted by molar-refractivity contribution is -0.129. The van der Waals surface area contributed by atoms with Crippen LogP contribution >= 0.6 is 23.1 Å². The summed E-state index contributed by atoms with van der Waals surface area (Å²) in [5, 5.41) is 1.96. The van der Waals surface area contributed by atoms with Crippen LogP contribution in [0.1, 0.15) is 18.2 Å². The van der Waals surface area contributed by atoms with Gasteiger partial charge in [0.25, 0.3) is 0 Å². The fourth-order valence-corrected chi connectivity index (χ4v) is 3.74. The van der Waals surface area contributed by atoms with Gasteiger partial charge in [0, 0.05) is 17.5 Å². The Kier molecular flexibility index (Phi) is 7.60. The third kappa shape index (κ3) is 5.88. The van der Waals surface area contributed by atoms with Crippen molar-refractivity contribution in [2.45, 2.75) is 17.7 Å². The van der Waals surface area contributed by atoms with Crippen LogP contribution in [-0.4, -0.2) is 34.6 Å². The maximum absolute atomic E-state index is 12.5. The van der Waals surface area contributed by atoms with Gasteiger partial charge in [-0.25, -0.2) is 4.98 Å². The van der Waals surface area contributed by atoms with Gasteiger partial charge in [-0.05, 0) is 17.9 Å². The zero-order valence-electron chi connectivity index (χ0n) is 13.7. The molecule has 1 heterocycles. The zero-order valence-corrected chi connectivity index (χ0v) is 15.3. The van der Waals surface area contributed by atoms with Crippen molar-refractivity contribution in [3.05, 3.63) is 59.6 Å². The smallest absolute Gasteiger partial charge is 0.229 e. The van der Waals surface area contributed by atoms with E-state index < -0.39 is 0 Å². The van der Waals surface area contributed by atoms with Gasteiger partial charge in [0.1, 0.15) is 4.34 Å². The van der Waals surface area contributed by atoms with E-state index in [1.807, 2.05) is 35.7 Å². The minimum absolute atomic E-state index is 0.0237. The second-order valence-corrected chi connectivity index (χ2v) is 7.31. The summed E-state index contributed by atoms with van der Waals surface area (Å²) < 4.78 is 1.01. The van der Waals surface area contributed by atoms with E-state index in [2.05, 4.69) is 30.3 Å². The van der Waals surface area contributed by atoms with Crippen molar-refractivity contribution in [2.75, 3.05) is 18.8 Å².